The van der Waals surface area contributed by atoms with Gasteiger partial charge in [0.05, 0.1) is 10.6 Å². The summed E-state index contributed by atoms with van der Waals surface area (Å²) in [4.78, 5) is 10.6. The Hall–Kier alpha value is -1.77. The van der Waals surface area contributed by atoms with Crippen LogP contribution in [0.15, 0.2) is 18.2 Å². The molecule has 10 heteroatoms. The van der Waals surface area contributed by atoms with Crippen molar-refractivity contribution in [2.24, 2.45) is 0 Å². The number of carbonyl (C=O) groups is 1. The van der Waals surface area contributed by atoms with Crippen molar-refractivity contribution in [3.05, 3.63) is 40.2 Å². The third-order valence-corrected chi connectivity index (χ3v) is 2.48. The molecule has 0 atom stereocenters. The van der Waals surface area contributed by atoms with Gasteiger partial charge in [0.1, 0.15) is 11.6 Å². The lowest BCUT2D eigenvalue weighted by Crippen LogP contribution is -2.20. The van der Waals surface area contributed by atoms with Gasteiger partial charge in [0.15, 0.2) is 0 Å². The van der Waals surface area contributed by atoms with Crippen molar-refractivity contribution < 1.29 is 40.6 Å². The minimum Gasteiger partial charge on any atom is -0.507 e. The monoisotopic (exact) mass is 336 g/mol. The van der Waals surface area contributed by atoms with E-state index in [9.17, 15) is 40.6 Å². The molecule has 2 nitrogen and oxygen atoms in total. The number of alkyl halides is 6. The molecule has 1 aromatic rings. The molecular formula is C11H4ClF7O2. The number of benzene rings is 1. The second kappa shape index (κ2) is 5.55. The smallest absolute Gasteiger partial charge is 0.454 e. The van der Waals surface area contributed by atoms with Crippen molar-refractivity contribution in [3.63, 3.8) is 0 Å². The highest BCUT2D eigenvalue weighted by atomic mass is 35.5. The van der Waals surface area contributed by atoms with Crippen molar-refractivity contribution >= 4 is 23.1 Å². The van der Waals surface area contributed by atoms with Gasteiger partial charge in [0, 0.05) is 11.6 Å². The SMILES string of the molecule is O=C(/C=C(\O)c1cc(F)c(Cl)cc1C(F)(F)F)C(F)(F)F. The Morgan fingerprint density at radius 3 is 2.10 bits per heavy atom. The topological polar surface area (TPSA) is 37.3 Å². The molecule has 0 aliphatic heterocycles. The van der Waals surface area contributed by atoms with E-state index >= 15 is 0 Å². The van der Waals surface area contributed by atoms with Gasteiger partial charge in [-0.1, -0.05) is 11.6 Å². The summed E-state index contributed by atoms with van der Waals surface area (Å²) in [6.07, 6.45) is -11.0. The molecule has 0 bridgehead atoms. The number of halogens is 8. The second-order valence-corrected chi connectivity index (χ2v) is 4.11. The molecule has 0 saturated heterocycles. The lowest BCUT2D eigenvalue weighted by molar-refractivity contribution is -0.165. The lowest BCUT2D eigenvalue weighted by atomic mass is 10.0. The summed E-state index contributed by atoms with van der Waals surface area (Å²) < 4.78 is 87.1. The first-order valence-corrected chi connectivity index (χ1v) is 5.30. The minimum absolute atomic E-state index is 0.0840. The Kier molecular flexibility index (Phi) is 4.57. The number of hydrogen-bond acceptors (Lipinski definition) is 2. The van der Waals surface area contributed by atoms with E-state index in [0.29, 0.717) is 0 Å². The van der Waals surface area contributed by atoms with Crippen LogP contribution in [0, 0.1) is 5.82 Å². The summed E-state index contributed by atoms with van der Waals surface area (Å²) in [5, 5.41) is 8.30. The minimum atomic E-state index is -5.39. The molecule has 0 unspecified atom stereocenters. The van der Waals surface area contributed by atoms with Crippen LogP contribution in [-0.4, -0.2) is 17.1 Å². The zero-order valence-electron chi connectivity index (χ0n) is 9.61. The highest BCUT2D eigenvalue weighted by Crippen LogP contribution is 2.37. The van der Waals surface area contributed by atoms with Crippen LogP contribution in [-0.2, 0) is 11.0 Å². The van der Waals surface area contributed by atoms with E-state index in [1.807, 2.05) is 0 Å². The van der Waals surface area contributed by atoms with Crippen LogP contribution >= 0.6 is 11.6 Å². The normalized spacial score (nSPS) is 13.4. The summed E-state index contributed by atoms with van der Waals surface area (Å²) in [7, 11) is 0. The van der Waals surface area contributed by atoms with Gasteiger partial charge in [0.2, 0.25) is 0 Å². The molecular weight excluding hydrogens is 333 g/mol. The first-order chi connectivity index (χ1) is 9.34. The number of aliphatic hydroxyl groups excluding tert-OH is 1. The van der Waals surface area contributed by atoms with Crippen LogP contribution in [0.4, 0.5) is 30.7 Å². The number of aliphatic hydroxyl groups is 1. The van der Waals surface area contributed by atoms with Crippen LogP contribution in [0.25, 0.3) is 5.76 Å². The summed E-state index contributed by atoms with van der Waals surface area (Å²) in [6.45, 7) is 0. The summed E-state index contributed by atoms with van der Waals surface area (Å²) in [5.41, 5.74) is -3.01. The molecule has 1 N–H and O–H groups in total. The average Bonchev–Trinajstić information content (AvgIpc) is 2.29. The Morgan fingerprint density at radius 1 is 1.14 bits per heavy atom. The molecule has 0 aromatic heterocycles. The van der Waals surface area contributed by atoms with Gasteiger partial charge in [0.25, 0.3) is 5.78 Å². The Balaban J connectivity index is 3.46. The van der Waals surface area contributed by atoms with Gasteiger partial charge in [-0.3, -0.25) is 4.79 Å². The largest absolute Gasteiger partial charge is 0.507 e. The first-order valence-electron chi connectivity index (χ1n) is 4.92. The number of hydrogen-bond donors (Lipinski definition) is 1. The fraction of sp³-hybridized carbons (Fsp3) is 0.182. The number of ketones is 1. The quantitative estimate of drug-likeness (QED) is 0.489. The Bertz CT molecular complexity index is 602. The van der Waals surface area contributed by atoms with Crippen molar-refractivity contribution in [2.45, 2.75) is 12.4 Å². The molecule has 0 aliphatic rings. The van der Waals surface area contributed by atoms with Crippen LogP contribution in [0.2, 0.25) is 5.02 Å². The van der Waals surface area contributed by atoms with Gasteiger partial charge in [-0.25, -0.2) is 4.39 Å². The molecule has 0 amide bonds. The van der Waals surface area contributed by atoms with E-state index < -0.39 is 51.9 Å². The molecule has 0 aliphatic carbocycles. The Morgan fingerprint density at radius 2 is 1.67 bits per heavy atom. The van der Waals surface area contributed by atoms with Crippen molar-refractivity contribution in [2.75, 3.05) is 0 Å². The van der Waals surface area contributed by atoms with Gasteiger partial charge in [-0.15, -0.1) is 0 Å². The lowest BCUT2D eigenvalue weighted by Gasteiger charge is -2.13. The van der Waals surface area contributed by atoms with Crippen LogP contribution < -0.4 is 0 Å². The van der Waals surface area contributed by atoms with Gasteiger partial charge in [-0.05, 0) is 12.1 Å². The first kappa shape index (κ1) is 17.3. The maximum absolute atomic E-state index is 13.1. The van der Waals surface area contributed by atoms with E-state index in [2.05, 4.69) is 0 Å². The molecule has 0 radical (unpaired) electrons. The maximum Gasteiger partial charge on any atom is 0.454 e. The van der Waals surface area contributed by atoms with Crippen molar-refractivity contribution in [1.82, 2.24) is 0 Å². The molecule has 116 valence electrons. The highest BCUT2D eigenvalue weighted by Gasteiger charge is 2.39. The highest BCUT2D eigenvalue weighted by molar-refractivity contribution is 6.30. The summed E-state index contributed by atoms with van der Waals surface area (Å²) >= 11 is 5.15. The van der Waals surface area contributed by atoms with Crippen molar-refractivity contribution in [3.8, 4) is 0 Å². The molecule has 1 rings (SSSR count). The molecule has 0 heterocycles. The summed E-state index contributed by atoms with van der Waals surface area (Å²) in [6, 6.07) is 0.176. The molecule has 0 spiro atoms. The van der Waals surface area contributed by atoms with Crippen LogP contribution in [0.1, 0.15) is 11.1 Å². The standard InChI is InChI=1S/C11H4ClF7O2/c12-6-2-5(10(14,15)16)4(1-7(6)13)8(20)3-9(21)11(17,18)19/h1-3,20H/b8-3-. The predicted octanol–water partition coefficient (Wildman–Crippen LogP) is 4.53. The van der Waals surface area contributed by atoms with E-state index in [4.69, 9.17) is 11.6 Å². The summed E-state index contributed by atoms with van der Waals surface area (Å²) in [5.74, 6) is -5.68. The fourth-order valence-corrected chi connectivity index (χ4v) is 1.44. The van der Waals surface area contributed by atoms with E-state index in [0.717, 1.165) is 0 Å². The predicted molar refractivity (Wildman–Crippen MR) is 58.1 cm³/mol. The van der Waals surface area contributed by atoms with E-state index in [-0.39, 0.29) is 12.1 Å². The zero-order valence-corrected chi connectivity index (χ0v) is 10.4. The molecule has 0 fully saturated rings. The number of carbonyl (C=O) groups excluding carboxylic acids is 1. The van der Waals surface area contributed by atoms with Gasteiger partial charge in [-0.2, -0.15) is 26.3 Å². The molecule has 0 saturated carbocycles. The van der Waals surface area contributed by atoms with Crippen LogP contribution in [0.3, 0.4) is 0 Å². The maximum atomic E-state index is 13.1. The average molecular weight is 337 g/mol. The Labute approximate surface area is 117 Å². The number of rotatable bonds is 2. The third kappa shape index (κ3) is 4.10. The fourth-order valence-electron chi connectivity index (χ4n) is 1.28. The third-order valence-electron chi connectivity index (χ3n) is 2.19. The van der Waals surface area contributed by atoms with E-state index in [1.54, 1.807) is 0 Å². The molecule has 1 aromatic carbocycles. The van der Waals surface area contributed by atoms with Crippen LogP contribution in [0.5, 0.6) is 0 Å². The van der Waals surface area contributed by atoms with Crippen molar-refractivity contribution in [1.29, 1.82) is 0 Å². The number of allylic oxidation sites excluding steroid dienone is 1. The van der Waals surface area contributed by atoms with Gasteiger partial charge < -0.3 is 5.11 Å². The van der Waals surface area contributed by atoms with E-state index in [1.165, 1.54) is 0 Å². The molecule has 21 heavy (non-hydrogen) atoms. The van der Waals surface area contributed by atoms with Gasteiger partial charge >= 0.3 is 12.4 Å². The zero-order chi connectivity index (χ0) is 16.6. The second-order valence-electron chi connectivity index (χ2n) is 3.70.